The molecule has 0 radical (unpaired) electrons. The Balaban J connectivity index is 1.83. The number of carbonyl (C=O) groups excluding carboxylic acids is 3. The zero-order chi connectivity index (χ0) is 21.9. The number of nitrogens with one attached hydrogen (secondary N) is 3. The smallest absolute Gasteiger partial charge is 0.329 e. The number of anilines is 1. The van der Waals surface area contributed by atoms with Crippen molar-refractivity contribution in [2.24, 2.45) is 5.10 Å². The number of nitrogens with zero attached hydrogens (tertiary/aromatic N) is 1. The van der Waals surface area contributed by atoms with Gasteiger partial charge in [0.05, 0.1) is 6.21 Å². The maximum Gasteiger partial charge on any atom is 0.329 e. The third-order valence-corrected chi connectivity index (χ3v) is 4.46. The molecule has 3 amide bonds. The van der Waals surface area contributed by atoms with Gasteiger partial charge >= 0.3 is 11.8 Å². The minimum atomic E-state index is -0.844. The second kappa shape index (κ2) is 11.7. The number of benzene rings is 2. The fraction of sp³-hybridized carbons (Fsp3) is 0.238. The third kappa shape index (κ3) is 8.04. The Morgan fingerprint density at radius 1 is 1.13 bits per heavy atom. The Labute approximate surface area is 183 Å². The molecule has 0 spiro atoms. The van der Waals surface area contributed by atoms with Gasteiger partial charge in [-0.15, -0.1) is 0 Å². The van der Waals surface area contributed by atoms with Gasteiger partial charge in [0.15, 0.2) is 6.61 Å². The van der Waals surface area contributed by atoms with E-state index < -0.39 is 11.8 Å². The Morgan fingerprint density at radius 3 is 2.57 bits per heavy atom. The van der Waals surface area contributed by atoms with Gasteiger partial charge in [0, 0.05) is 16.2 Å². The lowest BCUT2D eigenvalue weighted by Gasteiger charge is -2.09. The fourth-order valence-corrected chi connectivity index (χ4v) is 2.44. The van der Waals surface area contributed by atoms with Crippen LogP contribution in [-0.4, -0.2) is 36.6 Å². The summed E-state index contributed by atoms with van der Waals surface area (Å²) in [5, 5.41) is 9.05. The Bertz CT molecular complexity index is 915. The van der Waals surface area contributed by atoms with Crippen LogP contribution in [-0.2, 0) is 14.4 Å². The molecule has 0 fully saturated rings. The highest BCUT2D eigenvalue weighted by molar-refractivity contribution is 9.10. The van der Waals surface area contributed by atoms with Crippen molar-refractivity contribution in [3.8, 4) is 5.75 Å². The number of hydrazone groups is 1. The summed E-state index contributed by atoms with van der Waals surface area (Å²) in [6.45, 7) is 3.54. The van der Waals surface area contributed by atoms with E-state index in [-0.39, 0.29) is 18.6 Å². The molecule has 2 aromatic rings. The third-order valence-electron chi connectivity index (χ3n) is 3.93. The highest BCUT2D eigenvalue weighted by Crippen LogP contribution is 2.15. The standard InChI is InChI=1S/C21H23BrN4O4/c1-3-14(2)24-20(28)21(29)26-23-12-15-5-4-6-18(11-15)30-13-19(27)25-17-9-7-16(22)8-10-17/h4-12,14H,3,13H2,1-2H3,(H,24,28)(H,25,27)(H,26,29)/b23-12-/t14-/m1/s1. The highest BCUT2D eigenvalue weighted by Gasteiger charge is 2.14. The van der Waals surface area contributed by atoms with Gasteiger partial charge in [-0.3, -0.25) is 14.4 Å². The highest BCUT2D eigenvalue weighted by atomic mass is 79.9. The molecule has 2 rings (SSSR count). The number of hydrogen-bond acceptors (Lipinski definition) is 5. The van der Waals surface area contributed by atoms with Gasteiger partial charge in [0.25, 0.3) is 5.91 Å². The summed E-state index contributed by atoms with van der Waals surface area (Å²) < 4.78 is 6.41. The molecule has 30 heavy (non-hydrogen) atoms. The number of amides is 3. The predicted molar refractivity (Wildman–Crippen MR) is 118 cm³/mol. The summed E-state index contributed by atoms with van der Waals surface area (Å²) in [7, 11) is 0. The predicted octanol–water partition coefficient (Wildman–Crippen LogP) is 2.83. The van der Waals surface area contributed by atoms with Crippen LogP contribution in [0, 0.1) is 0 Å². The summed E-state index contributed by atoms with van der Waals surface area (Å²) in [6.07, 6.45) is 2.10. The Morgan fingerprint density at radius 2 is 1.87 bits per heavy atom. The van der Waals surface area contributed by atoms with Crippen LogP contribution in [0.1, 0.15) is 25.8 Å². The van der Waals surface area contributed by atoms with Crippen molar-refractivity contribution in [2.45, 2.75) is 26.3 Å². The monoisotopic (exact) mass is 474 g/mol. The van der Waals surface area contributed by atoms with E-state index in [1.807, 2.05) is 19.1 Å². The van der Waals surface area contributed by atoms with Gasteiger partial charge in [-0.1, -0.05) is 35.0 Å². The van der Waals surface area contributed by atoms with Crippen molar-refractivity contribution in [2.75, 3.05) is 11.9 Å². The van der Waals surface area contributed by atoms with Gasteiger partial charge in [0.2, 0.25) is 0 Å². The van der Waals surface area contributed by atoms with E-state index in [0.29, 0.717) is 17.0 Å². The molecular formula is C21H23BrN4O4. The van der Waals surface area contributed by atoms with Crippen molar-refractivity contribution in [1.82, 2.24) is 10.7 Å². The SMILES string of the molecule is CC[C@@H](C)NC(=O)C(=O)N/N=C\c1cccc(OCC(=O)Nc2ccc(Br)cc2)c1. The van der Waals surface area contributed by atoms with Crippen LogP contribution in [0.3, 0.4) is 0 Å². The number of ether oxygens (including phenoxy) is 1. The summed E-state index contributed by atoms with van der Waals surface area (Å²) in [5.41, 5.74) is 3.47. The summed E-state index contributed by atoms with van der Waals surface area (Å²) in [4.78, 5) is 35.3. The first-order valence-electron chi connectivity index (χ1n) is 9.29. The first-order valence-corrected chi connectivity index (χ1v) is 10.1. The van der Waals surface area contributed by atoms with Gasteiger partial charge < -0.3 is 15.4 Å². The number of rotatable bonds is 8. The molecule has 0 heterocycles. The second-order valence-electron chi connectivity index (χ2n) is 6.40. The largest absolute Gasteiger partial charge is 0.484 e. The van der Waals surface area contributed by atoms with Crippen molar-refractivity contribution in [3.05, 3.63) is 58.6 Å². The van der Waals surface area contributed by atoms with Crippen molar-refractivity contribution in [1.29, 1.82) is 0 Å². The van der Waals surface area contributed by atoms with E-state index in [0.717, 1.165) is 10.9 Å². The van der Waals surface area contributed by atoms with Crippen LogP contribution in [0.5, 0.6) is 5.75 Å². The summed E-state index contributed by atoms with van der Waals surface area (Å²) in [6, 6.07) is 13.9. The quantitative estimate of drug-likeness (QED) is 0.310. The molecule has 0 aliphatic carbocycles. The van der Waals surface area contributed by atoms with Crippen molar-refractivity contribution < 1.29 is 19.1 Å². The van der Waals surface area contributed by atoms with Crippen LogP contribution in [0.25, 0.3) is 0 Å². The molecular weight excluding hydrogens is 452 g/mol. The van der Waals surface area contributed by atoms with Gasteiger partial charge in [-0.25, -0.2) is 5.43 Å². The lowest BCUT2D eigenvalue weighted by molar-refractivity contribution is -0.139. The molecule has 0 unspecified atom stereocenters. The van der Waals surface area contributed by atoms with E-state index in [9.17, 15) is 14.4 Å². The molecule has 8 nitrogen and oxygen atoms in total. The topological polar surface area (TPSA) is 109 Å². The molecule has 2 aromatic carbocycles. The fourth-order valence-electron chi connectivity index (χ4n) is 2.17. The summed E-state index contributed by atoms with van der Waals surface area (Å²) >= 11 is 3.33. The van der Waals surface area contributed by atoms with Crippen LogP contribution >= 0.6 is 15.9 Å². The number of hydrogen-bond donors (Lipinski definition) is 3. The van der Waals surface area contributed by atoms with Crippen LogP contribution in [0.2, 0.25) is 0 Å². The van der Waals surface area contributed by atoms with E-state index in [1.54, 1.807) is 43.3 Å². The number of halogens is 1. The Kier molecular flexibility index (Phi) is 9.02. The molecule has 158 valence electrons. The molecule has 0 saturated heterocycles. The van der Waals surface area contributed by atoms with Crippen molar-refractivity contribution in [3.63, 3.8) is 0 Å². The maximum absolute atomic E-state index is 12.0. The molecule has 1 atom stereocenters. The second-order valence-corrected chi connectivity index (χ2v) is 7.31. The number of carbonyl (C=O) groups is 3. The van der Waals surface area contributed by atoms with E-state index in [2.05, 4.69) is 37.1 Å². The molecule has 0 aliphatic rings. The first kappa shape index (κ1) is 23.1. The van der Waals surface area contributed by atoms with Gasteiger partial charge in [-0.2, -0.15) is 5.10 Å². The first-order chi connectivity index (χ1) is 14.4. The molecule has 3 N–H and O–H groups in total. The van der Waals surface area contributed by atoms with Gasteiger partial charge in [-0.05, 0) is 55.3 Å². The zero-order valence-electron chi connectivity index (χ0n) is 16.6. The minimum Gasteiger partial charge on any atom is -0.484 e. The molecule has 0 aromatic heterocycles. The minimum absolute atomic E-state index is 0.0953. The molecule has 0 aliphatic heterocycles. The molecule has 9 heteroatoms. The van der Waals surface area contributed by atoms with Gasteiger partial charge in [0.1, 0.15) is 5.75 Å². The van der Waals surface area contributed by atoms with Crippen LogP contribution < -0.4 is 20.8 Å². The Hall–Kier alpha value is -3.20. The maximum atomic E-state index is 12.0. The lowest BCUT2D eigenvalue weighted by atomic mass is 10.2. The normalized spacial score (nSPS) is 11.6. The van der Waals surface area contributed by atoms with Crippen LogP contribution in [0.15, 0.2) is 58.1 Å². The van der Waals surface area contributed by atoms with Crippen LogP contribution in [0.4, 0.5) is 5.69 Å². The van der Waals surface area contributed by atoms with E-state index in [4.69, 9.17) is 4.74 Å². The average molecular weight is 475 g/mol. The zero-order valence-corrected chi connectivity index (χ0v) is 18.2. The molecule has 0 saturated carbocycles. The van der Waals surface area contributed by atoms with E-state index >= 15 is 0 Å². The lowest BCUT2D eigenvalue weighted by Crippen LogP contribution is -2.41. The average Bonchev–Trinajstić information content (AvgIpc) is 2.74. The van der Waals surface area contributed by atoms with Crippen molar-refractivity contribution >= 4 is 45.6 Å². The summed E-state index contributed by atoms with van der Waals surface area (Å²) in [5.74, 6) is -1.42. The molecule has 0 bridgehead atoms. The van der Waals surface area contributed by atoms with E-state index in [1.165, 1.54) is 6.21 Å².